The van der Waals surface area contributed by atoms with Crippen molar-refractivity contribution in [2.45, 2.75) is 54.6 Å². The molecule has 1 heterocycles. The van der Waals surface area contributed by atoms with E-state index in [1.54, 1.807) is 6.08 Å². The second-order valence-corrected chi connectivity index (χ2v) is 6.73. The van der Waals surface area contributed by atoms with Crippen LogP contribution in [0.5, 0.6) is 0 Å². The molecule has 162 valence electrons. The Morgan fingerprint density at radius 2 is 1.33 bits per heavy atom. The Morgan fingerprint density at radius 1 is 0.900 bits per heavy atom. The van der Waals surface area contributed by atoms with Crippen LogP contribution in [-0.2, 0) is 0 Å². The summed E-state index contributed by atoms with van der Waals surface area (Å²) < 4.78 is 0. The van der Waals surface area contributed by atoms with E-state index in [0.29, 0.717) is 0 Å². The normalized spacial score (nSPS) is 13.9. The van der Waals surface area contributed by atoms with E-state index in [0.717, 1.165) is 11.1 Å². The highest BCUT2D eigenvalue weighted by Gasteiger charge is 2.17. The molecule has 1 aliphatic rings. The maximum atomic E-state index is 4.72. The first-order valence-electron chi connectivity index (χ1n) is 10.8. The fraction of sp³-hybridized carbons (Fsp3) is 0.321. The molecule has 2 aromatic carbocycles. The topological polar surface area (TPSA) is 15.6 Å². The van der Waals surface area contributed by atoms with Crippen molar-refractivity contribution >= 4 is 11.8 Å². The molecule has 0 amide bonds. The Hall–Kier alpha value is -2.87. The maximum absolute atomic E-state index is 4.72. The average molecular weight is 405 g/mol. The van der Waals surface area contributed by atoms with Crippen molar-refractivity contribution in [2.24, 2.45) is 4.99 Å². The predicted octanol–water partition coefficient (Wildman–Crippen LogP) is 8.16. The van der Waals surface area contributed by atoms with Gasteiger partial charge in [0, 0.05) is 25.0 Å². The molecule has 1 atom stereocenters. The first-order valence-corrected chi connectivity index (χ1v) is 10.8. The minimum Gasteiger partial charge on any atom is -0.355 e. The lowest BCUT2D eigenvalue weighted by Gasteiger charge is -2.28. The van der Waals surface area contributed by atoms with E-state index in [2.05, 4.69) is 93.7 Å². The molecule has 0 aliphatic carbocycles. The minimum atomic E-state index is 0.0693. The molecule has 3 rings (SSSR count). The zero-order chi connectivity index (χ0) is 23.1. The Labute approximate surface area is 185 Å². The van der Waals surface area contributed by atoms with Crippen LogP contribution in [0.2, 0.25) is 0 Å². The van der Waals surface area contributed by atoms with Crippen LogP contribution < -0.4 is 0 Å². The van der Waals surface area contributed by atoms with Crippen LogP contribution in [0.1, 0.15) is 63.0 Å². The van der Waals surface area contributed by atoms with Crippen molar-refractivity contribution in [3.8, 4) is 0 Å². The van der Waals surface area contributed by atoms with Crippen molar-refractivity contribution in [3.63, 3.8) is 0 Å². The molecule has 2 nitrogen and oxygen atoms in total. The van der Waals surface area contributed by atoms with Crippen molar-refractivity contribution in [1.82, 2.24) is 4.90 Å². The summed E-state index contributed by atoms with van der Waals surface area (Å²) in [5, 5.41) is 0. The molecule has 0 saturated carbocycles. The van der Waals surface area contributed by atoms with E-state index in [1.807, 2.05) is 40.8 Å². The summed E-state index contributed by atoms with van der Waals surface area (Å²) in [4.78, 5) is 6.89. The fourth-order valence-corrected chi connectivity index (χ4v) is 2.53. The van der Waals surface area contributed by atoms with Crippen LogP contribution in [0.3, 0.4) is 0 Å². The molecular formula is C28H40N2. The quantitative estimate of drug-likeness (QED) is 0.471. The molecule has 2 heteroatoms. The van der Waals surface area contributed by atoms with Gasteiger partial charge in [-0.05, 0) is 31.9 Å². The molecule has 0 bridgehead atoms. The number of allylic oxidation sites excluding steroid dienone is 3. The van der Waals surface area contributed by atoms with Crippen molar-refractivity contribution < 1.29 is 0 Å². The van der Waals surface area contributed by atoms with E-state index in [-0.39, 0.29) is 6.17 Å². The maximum Gasteiger partial charge on any atom is 0.146 e. The lowest BCUT2D eigenvalue weighted by Crippen LogP contribution is -2.21. The van der Waals surface area contributed by atoms with E-state index >= 15 is 0 Å². The molecule has 2 aromatic rings. The van der Waals surface area contributed by atoms with Crippen LogP contribution >= 0.6 is 0 Å². The van der Waals surface area contributed by atoms with E-state index in [1.165, 1.54) is 22.3 Å². The lowest BCUT2D eigenvalue weighted by atomic mass is 10.0. The van der Waals surface area contributed by atoms with Gasteiger partial charge < -0.3 is 4.90 Å². The van der Waals surface area contributed by atoms with Gasteiger partial charge in [0.25, 0.3) is 0 Å². The molecule has 0 saturated heterocycles. The first kappa shape index (κ1) is 27.1. The Morgan fingerprint density at radius 3 is 1.73 bits per heavy atom. The minimum absolute atomic E-state index is 0.0693. The largest absolute Gasteiger partial charge is 0.355 e. The van der Waals surface area contributed by atoms with Crippen LogP contribution in [-0.4, -0.2) is 18.2 Å². The number of hydrogen-bond acceptors (Lipinski definition) is 2. The fourth-order valence-electron chi connectivity index (χ4n) is 2.53. The van der Waals surface area contributed by atoms with Gasteiger partial charge in [-0.3, -0.25) is 4.99 Å². The number of benzene rings is 2. The number of hydrogen-bond donors (Lipinski definition) is 0. The molecule has 0 aromatic heterocycles. The predicted molar refractivity (Wildman–Crippen MR) is 137 cm³/mol. The number of aryl methyl sites for hydroxylation is 2. The number of nitrogens with zero attached hydrogens (tertiary/aromatic N) is 2. The van der Waals surface area contributed by atoms with Gasteiger partial charge in [0.15, 0.2) is 0 Å². The summed E-state index contributed by atoms with van der Waals surface area (Å²) in [7, 11) is 2.08. The molecule has 0 N–H and O–H groups in total. The van der Waals surface area contributed by atoms with Crippen LogP contribution in [0.15, 0.2) is 84.5 Å². The standard InChI is InChI=1S/C19H20N2.C5H8.2C2H6/c1-14-4-8-16(9-5-14)18-12-20-19(21(3)13-18)17-10-6-15(2)7-11-17;1-4-5(2)3;2*1-2/h4-13,19H,1-3H3;4H,1-2H2,3H3;2*1-2H3. The Bertz CT molecular complexity index is 809. The molecular weight excluding hydrogens is 364 g/mol. The second kappa shape index (κ2) is 15.0. The monoisotopic (exact) mass is 404 g/mol. The lowest BCUT2D eigenvalue weighted by molar-refractivity contribution is 0.347. The van der Waals surface area contributed by atoms with Gasteiger partial charge in [-0.2, -0.15) is 0 Å². The molecule has 0 spiro atoms. The molecule has 0 fully saturated rings. The third-order valence-electron chi connectivity index (χ3n) is 4.19. The highest BCUT2D eigenvalue weighted by molar-refractivity contribution is 6.10. The van der Waals surface area contributed by atoms with Gasteiger partial charge in [-0.25, -0.2) is 0 Å². The van der Waals surface area contributed by atoms with Gasteiger partial charge in [0.1, 0.15) is 6.17 Å². The van der Waals surface area contributed by atoms with E-state index in [9.17, 15) is 0 Å². The van der Waals surface area contributed by atoms with Gasteiger partial charge >= 0.3 is 0 Å². The first-order chi connectivity index (χ1) is 14.4. The number of rotatable bonds is 3. The summed E-state index contributed by atoms with van der Waals surface area (Å²) in [5.41, 5.74) is 7.15. The van der Waals surface area contributed by atoms with Gasteiger partial charge in [-0.1, -0.05) is 112 Å². The van der Waals surface area contributed by atoms with Gasteiger partial charge in [0.05, 0.1) is 0 Å². The highest BCUT2D eigenvalue weighted by Crippen LogP contribution is 2.27. The van der Waals surface area contributed by atoms with Crippen molar-refractivity contribution in [1.29, 1.82) is 0 Å². The second-order valence-electron chi connectivity index (χ2n) is 6.73. The van der Waals surface area contributed by atoms with Crippen LogP contribution in [0.25, 0.3) is 5.57 Å². The summed E-state index contributed by atoms with van der Waals surface area (Å²) in [6, 6.07) is 17.1. The Kier molecular flexibility index (Phi) is 13.6. The SMILES string of the molecule is C=CC(=C)C.CC.CC.Cc1ccc(C2=CN(C)C(c3ccc(C)cc3)N=C2)cc1. The highest BCUT2D eigenvalue weighted by atomic mass is 15.2. The molecule has 1 aliphatic heterocycles. The van der Waals surface area contributed by atoms with Gasteiger partial charge in [-0.15, -0.1) is 0 Å². The molecule has 30 heavy (non-hydrogen) atoms. The summed E-state index contributed by atoms with van der Waals surface area (Å²) >= 11 is 0. The zero-order valence-electron chi connectivity index (χ0n) is 20.2. The van der Waals surface area contributed by atoms with E-state index in [4.69, 9.17) is 4.99 Å². The van der Waals surface area contributed by atoms with Crippen molar-refractivity contribution in [2.75, 3.05) is 7.05 Å². The summed E-state index contributed by atoms with van der Waals surface area (Å²) in [6.45, 7) is 21.1. The molecule has 0 radical (unpaired) electrons. The third kappa shape index (κ3) is 9.09. The summed E-state index contributed by atoms with van der Waals surface area (Å²) in [5.74, 6) is 0. The van der Waals surface area contributed by atoms with Crippen LogP contribution in [0, 0.1) is 13.8 Å². The zero-order valence-corrected chi connectivity index (χ0v) is 20.2. The average Bonchev–Trinajstić information content (AvgIpc) is 2.78. The van der Waals surface area contributed by atoms with Gasteiger partial charge in [0.2, 0.25) is 0 Å². The molecule has 1 unspecified atom stereocenters. The summed E-state index contributed by atoms with van der Waals surface area (Å²) in [6.07, 6.45) is 5.94. The number of aliphatic imine (C=N–C) groups is 1. The van der Waals surface area contributed by atoms with E-state index < -0.39 is 0 Å². The van der Waals surface area contributed by atoms with Crippen LogP contribution in [0.4, 0.5) is 0 Å². The Balaban J connectivity index is 0.000000808. The van der Waals surface area contributed by atoms with Crippen molar-refractivity contribution in [3.05, 3.63) is 102 Å². The smallest absolute Gasteiger partial charge is 0.146 e. The third-order valence-corrected chi connectivity index (χ3v) is 4.19.